The van der Waals surface area contributed by atoms with Crippen LogP contribution in [0.3, 0.4) is 0 Å². The van der Waals surface area contributed by atoms with Gasteiger partial charge in [0.1, 0.15) is 11.6 Å². The van der Waals surface area contributed by atoms with E-state index in [0.717, 1.165) is 0 Å². The van der Waals surface area contributed by atoms with Gasteiger partial charge in [0.15, 0.2) is 5.82 Å². The number of ether oxygens (including phenoxy) is 1. The highest BCUT2D eigenvalue weighted by atomic mass is 19.1. The molecule has 0 aliphatic heterocycles. The predicted molar refractivity (Wildman–Crippen MR) is 102 cm³/mol. The van der Waals surface area contributed by atoms with Gasteiger partial charge in [0.2, 0.25) is 5.88 Å². The van der Waals surface area contributed by atoms with E-state index in [1.165, 1.54) is 18.2 Å². The maximum absolute atomic E-state index is 13.2. The van der Waals surface area contributed by atoms with Crippen molar-refractivity contribution >= 4 is 11.6 Å². The van der Waals surface area contributed by atoms with Crippen LogP contribution in [0.1, 0.15) is 10.4 Å². The molecule has 1 amide bonds. The molecule has 0 atom stereocenters. The fourth-order valence-corrected chi connectivity index (χ4v) is 2.55. The number of carbonyl (C=O) groups excluding carboxylic acids is 1. The summed E-state index contributed by atoms with van der Waals surface area (Å²) in [7, 11) is 0. The Labute approximate surface area is 160 Å². The van der Waals surface area contributed by atoms with Gasteiger partial charge in [0.05, 0.1) is 0 Å². The summed E-state index contributed by atoms with van der Waals surface area (Å²) < 4.78 is 20.7. The van der Waals surface area contributed by atoms with Crippen molar-refractivity contribution in [2.45, 2.75) is 0 Å². The fraction of sp³-hybridized carbons (Fsp3) is 0. The van der Waals surface area contributed by atoms with E-state index >= 15 is 0 Å². The number of hydrogen-bond donors (Lipinski definition) is 1. The molecule has 7 heteroatoms. The van der Waals surface area contributed by atoms with Crippen LogP contribution in [0, 0.1) is 5.82 Å². The molecule has 0 unspecified atom stereocenters. The Morgan fingerprint density at radius 1 is 0.929 bits per heavy atom. The molecule has 2 aromatic heterocycles. The highest BCUT2D eigenvalue weighted by molar-refractivity contribution is 6.04. The SMILES string of the molecule is O=C(Nc1ccc(Oc2ccc(-n3cccc3)nn2)cc1)c1cccc(F)c1. The van der Waals surface area contributed by atoms with Crippen LogP contribution in [-0.4, -0.2) is 20.7 Å². The van der Waals surface area contributed by atoms with Gasteiger partial charge in [-0.2, -0.15) is 0 Å². The Hall–Kier alpha value is -4.00. The van der Waals surface area contributed by atoms with E-state index in [4.69, 9.17) is 4.74 Å². The van der Waals surface area contributed by atoms with Crippen molar-refractivity contribution in [1.82, 2.24) is 14.8 Å². The summed E-state index contributed by atoms with van der Waals surface area (Å²) in [6.07, 6.45) is 3.75. The summed E-state index contributed by atoms with van der Waals surface area (Å²) in [6.45, 7) is 0. The van der Waals surface area contributed by atoms with Crippen LogP contribution in [0.25, 0.3) is 5.82 Å². The van der Waals surface area contributed by atoms with Gasteiger partial charge in [0, 0.05) is 29.7 Å². The van der Waals surface area contributed by atoms with E-state index in [-0.39, 0.29) is 11.5 Å². The number of amides is 1. The Morgan fingerprint density at radius 3 is 2.39 bits per heavy atom. The third kappa shape index (κ3) is 4.04. The Morgan fingerprint density at radius 2 is 1.71 bits per heavy atom. The van der Waals surface area contributed by atoms with Gasteiger partial charge in [-0.1, -0.05) is 6.07 Å². The van der Waals surface area contributed by atoms with E-state index < -0.39 is 5.82 Å². The van der Waals surface area contributed by atoms with Crippen molar-refractivity contribution in [3.8, 4) is 17.4 Å². The Kier molecular flexibility index (Phi) is 4.79. The van der Waals surface area contributed by atoms with Crippen molar-refractivity contribution < 1.29 is 13.9 Å². The van der Waals surface area contributed by atoms with Crippen molar-refractivity contribution in [3.05, 3.63) is 96.6 Å². The number of rotatable bonds is 5. The highest BCUT2D eigenvalue weighted by Crippen LogP contribution is 2.22. The summed E-state index contributed by atoms with van der Waals surface area (Å²) in [4.78, 5) is 12.1. The zero-order chi connectivity index (χ0) is 19.3. The third-order valence-electron chi connectivity index (χ3n) is 3.92. The van der Waals surface area contributed by atoms with Gasteiger partial charge >= 0.3 is 0 Å². The van der Waals surface area contributed by atoms with Gasteiger partial charge in [-0.15, -0.1) is 10.2 Å². The number of nitrogens with one attached hydrogen (secondary N) is 1. The van der Waals surface area contributed by atoms with Crippen LogP contribution in [0.2, 0.25) is 0 Å². The average molecular weight is 374 g/mol. The largest absolute Gasteiger partial charge is 0.438 e. The van der Waals surface area contributed by atoms with Crippen LogP contribution < -0.4 is 10.1 Å². The molecule has 1 N–H and O–H groups in total. The van der Waals surface area contributed by atoms with E-state index in [0.29, 0.717) is 23.1 Å². The fourth-order valence-electron chi connectivity index (χ4n) is 2.55. The first-order valence-electron chi connectivity index (χ1n) is 8.49. The van der Waals surface area contributed by atoms with Crippen LogP contribution in [0.4, 0.5) is 10.1 Å². The smallest absolute Gasteiger partial charge is 0.255 e. The van der Waals surface area contributed by atoms with E-state index in [1.54, 1.807) is 42.5 Å². The summed E-state index contributed by atoms with van der Waals surface area (Å²) in [5.41, 5.74) is 0.814. The molecule has 0 saturated carbocycles. The standard InChI is InChI=1S/C21H15FN4O2/c22-16-5-3-4-15(14-16)21(27)23-17-6-8-18(9-7-17)28-20-11-10-19(24-25-20)26-12-1-2-13-26/h1-14H,(H,23,27). The van der Waals surface area contributed by atoms with Gasteiger partial charge in [0.25, 0.3) is 5.91 Å². The van der Waals surface area contributed by atoms with Crippen LogP contribution in [0.5, 0.6) is 11.6 Å². The molecule has 2 aromatic carbocycles. The van der Waals surface area contributed by atoms with Crippen molar-refractivity contribution in [2.75, 3.05) is 5.32 Å². The number of anilines is 1. The molecule has 2 heterocycles. The molecular formula is C21H15FN4O2. The van der Waals surface area contributed by atoms with E-state index in [9.17, 15) is 9.18 Å². The van der Waals surface area contributed by atoms with Crippen molar-refractivity contribution in [2.24, 2.45) is 0 Å². The molecule has 4 rings (SSSR count). The minimum absolute atomic E-state index is 0.249. The molecule has 0 spiro atoms. The number of halogens is 1. The summed E-state index contributed by atoms with van der Waals surface area (Å²) in [6, 6.07) is 19.6. The van der Waals surface area contributed by atoms with E-state index in [2.05, 4.69) is 15.5 Å². The molecule has 28 heavy (non-hydrogen) atoms. The second kappa shape index (κ2) is 7.71. The second-order valence-corrected chi connectivity index (χ2v) is 5.91. The van der Waals surface area contributed by atoms with Crippen LogP contribution >= 0.6 is 0 Å². The van der Waals surface area contributed by atoms with Gasteiger partial charge in [-0.25, -0.2) is 4.39 Å². The number of hydrogen-bond acceptors (Lipinski definition) is 4. The maximum atomic E-state index is 13.2. The molecule has 0 saturated heterocycles. The van der Waals surface area contributed by atoms with Gasteiger partial charge in [-0.05, 0) is 60.7 Å². The summed E-state index contributed by atoms with van der Waals surface area (Å²) in [5, 5.41) is 10.9. The first-order chi connectivity index (χ1) is 13.7. The second-order valence-electron chi connectivity index (χ2n) is 5.91. The minimum atomic E-state index is -0.458. The zero-order valence-electron chi connectivity index (χ0n) is 14.6. The Bertz CT molecular complexity index is 1080. The van der Waals surface area contributed by atoms with Crippen molar-refractivity contribution in [3.63, 3.8) is 0 Å². The number of nitrogens with zero attached hydrogens (tertiary/aromatic N) is 3. The lowest BCUT2D eigenvalue weighted by molar-refractivity contribution is 0.102. The van der Waals surface area contributed by atoms with Crippen LogP contribution in [-0.2, 0) is 0 Å². The van der Waals surface area contributed by atoms with Gasteiger partial charge < -0.3 is 14.6 Å². The molecule has 0 aliphatic rings. The summed E-state index contributed by atoms with van der Waals surface area (Å²) in [5.74, 6) is 0.743. The third-order valence-corrected chi connectivity index (χ3v) is 3.92. The van der Waals surface area contributed by atoms with Crippen molar-refractivity contribution in [1.29, 1.82) is 0 Å². The highest BCUT2D eigenvalue weighted by Gasteiger charge is 2.07. The lowest BCUT2D eigenvalue weighted by atomic mass is 10.2. The molecule has 4 aromatic rings. The maximum Gasteiger partial charge on any atom is 0.255 e. The Balaban J connectivity index is 1.40. The molecule has 0 bridgehead atoms. The summed E-state index contributed by atoms with van der Waals surface area (Å²) >= 11 is 0. The molecule has 0 fully saturated rings. The number of carbonyl (C=O) groups is 1. The van der Waals surface area contributed by atoms with E-state index in [1.807, 2.05) is 29.1 Å². The van der Waals surface area contributed by atoms with Gasteiger partial charge in [-0.3, -0.25) is 4.79 Å². The predicted octanol–water partition coefficient (Wildman–Crippen LogP) is 4.45. The number of aromatic nitrogens is 3. The lowest BCUT2D eigenvalue weighted by Gasteiger charge is -2.08. The quantitative estimate of drug-likeness (QED) is 0.560. The van der Waals surface area contributed by atoms with Crippen LogP contribution in [0.15, 0.2) is 85.2 Å². The first kappa shape index (κ1) is 17.4. The topological polar surface area (TPSA) is 69.0 Å². The zero-order valence-corrected chi connectivity index (χ0v) is 14.6. The molecule has 138 valence electrons. The minimum Gasteiger partial charge on any atom is -0.438 e. The number of benzene rings is 2. The lowest BCUT2D eigenvalue weighted by Crippen LogP contribution is -2.11. The average Bonchev–Trinajstić information content (AvgIpc) is 3.25. The first-order valence-corrected chi connectivity index (χ1v) is 8.49. The molecule has 0 radical (unpaired) electrons. The molecular weight excluding hydrogens is 359 g/mol. The molecule has 0 aliphatic carbocycles. The monoisotopic (exact) mass is 374 g/mol. The molecule has 6 nitrogen and oxygen atoms in total. The normalized spacial score (nSPS) is 10.5.